The first-order valence-electron chi connectivity index (χ1n) is 6.34. The number of hydrogen-bond donors (Lipinski definition) is 0. The van der Waals surface area contributed by atoms with E-state index in [0.717, 1.165) is 13.0 Å². The molecule has 4 heteroatoms. The summed E-state index contributed by atoms with van der Waals surface area (Å²) >= 11 is 0. The molecule has 0 fully saturated rings. The van der Waals surface area contributed by atoms with Crippen molar-refractivity contribution < 1.29 is 0 Å². The van der Waals surface area contributed by atoms with Gasteiger partial charge in [-0.2, -0.15) is 5.10 Å². The van der Waals surface area contributed by atoms with Gasteiger partial charge in [-0.3, -0.25) is 4.57 Å². The van der Waals surface area contributed by atoms with E-state index in [4.69, 9.17) is 0 Å². The number of aryl methyl sites for hydroxylation is 2. The van der Waals surface area contributed by atoms with E-state index in [-0.39, 0.29) is 5.69 Å². The Morgan fingerprint density at radius 1 is 1.12 bits per heavy atom. The maximum Gasteiger partial charge on any atom is 0.345 e. The molecule has 1 aromatic rings. The Hall–Kier alpha value is -1.06. The highest BCUT2D eigenvalue weighted by molar-refractivity contribution is 4.64. The normalized spacial score (nSPS) is 10.9. The lowest BCUT2D eigenvalue weighted by atomic mass is 10.1. The van der Waals surface area contributed by atoms with Crippen molar-refractivity contribution >= 4 is 0 Å². The molecular formula is C12H23N3O. The summed E-state index contributed by atoms with van der Waals surface area (Å²) in [6.45, 7) is 2.99. The van der Waals surface area contributed by atoms with Crippen molar-refractivity contribution in [2.75, 3.05) is 0 Å². The summed E-state index contributed by atoms with van der Waals surface area (Å²) in [5.41, 5.74) is -0.00835. The zero-order valence-electron chi connectivity index (χ0n) is 10.5. The highest BCUT2D eigenvalue weighted by Crippen LogP contribution is 2.06. The molecule has 0 aliphatic carbocycles. The number of rotatable bonds is 8. The summed E-state index contributed by atoms with van der Waals surface area (Å²) in [5, 5.41) is 4.03. The zero-order valence-corrected chi connectivity index (χ0v) is 10.5. The molecule has 16 heavy (non-hydrogen) atoms. The van der Waals surface area contributed by atoms with Crippen LogP contribution in [0.15, 0.2) is 11.1 Å². The molecule has 0 unspecified atom stereocenters. The monoisotopic (exact) mass is 225 g/mol. The first kappa shape index (κ1) is 13.0. The molecule has 0 saturated heterocycles. The van der Waals surface area contributed by atoms with Crippen molar-refractivity contribution in [1.29, 1.82) is 0 Å². The summed E-state index contributed by atoms with van der Waals surface area (Å²) in [4.78, 5) is 11.4. The van der Waals surface area contributed by atoms with Gasteiger partial charge in [-0.25, -0.2) is 9.48 Å². The van der Waals surface area contributed by atoms with E-state index in [9.17, 15) is 4.79 Å². The van der Waals surface area contributed by atoms with Crippen LogP contribution < -0.4 is 5.69 Å². The van der Waals surface area contributed by atoms with Gasteiger partial charge in [-0.15, -0.1) is 0 Å². The third-order valence-corrected chi connectivity index (χ3v) is 2.86. The maximum absolute atomic E-state index is 11.4. The van der Waals surface area contributed by atoms with Crippen molar-refractivity contribution in [3.05, 3.63) is 16.8 Å². The quantitative estimate of drug-likeness (QED) is 0.637. The average molecular weight is 225 g/mol. The van der Waals surface area contributed by atoms with E-state index in [1.165, 1.54) is 43.1 Å². The van der Waals surface area contributed by atoms with Crippen molar-refractivity contribution in [1.82, 2.24) is 14.3 Å². The van der Waals surface area contributed by atoms with Gasteiger partial charge in [0.1, 0.15) is 6.33 Å². The zero-order chi connectivity index (χ0) is 11.8. The Labute approximate surface area is 97.3 Å². The second-order valence-corrected chi connectivity index (χ2v) is 4.37. The predicted octanol–water partition coefficient (Wildman–Crippen LogP) is 2.33. The first-order chi connectivity index (χ1) is 7.75. The van der Waals surface area contributed by atoms with Crippen LogP contribution in [0, 0.1) is 0 Å². The van der Waals surface area contributed by atoms with Gasteiger partial charge in [0, 0.05) is 13.6 Å². The standard InChI is InChI=1S/C12H23N3O/c1-3-4-5-6-7-8-9-10-15-12(16)14(2)11-13-15/h11H,3-10H2,1-2H3. The molecule has 0 aliphatic heterocycles. The van der Waals surface area contributed by atoms with Gasteiger partial charge in [-0.05, 0) is 6.42 Å². The third kappa shape index (κ3) is 4.21. The highest BCUT2D eigenvalue weighted by atomic mass is 16.2. The molecule has 92 valence electrons. The SMILES string of the molecule is CCCCCCCCCn1ncn(C)c1=O. The predicted molar refractivity (Wildman–Crippen MR) is 65.5 cm³/mol. The van der Waals surface area contributed by atoms with Crippen LogP contribution in [0.1, 0.15) is 51.9 Å². The molecule has 0 N–H and O–H groups in total. The summed E-state index contributed by atoms with van der Waals surface area (Å²) in [7, 11) is 1.73. The Morgan fingerprint density at radius 2 is 1.75 bits per heavy atom. The fourth-order valence-corrected chi connectivity index (χ4v) is 1.79. The van der Waals surface area contributed by atoms with E-state index >= 15 is 0 Å². The summed E-state index contributed by atoms with van der Waals surface area (Å²) in [5.74, 6) is 0. The number of hydrogen-bond acceptors (Lipinski definition) is 2. The number of unbranched alkanes of at least 4 members (excludes halogenated alkanes) is 6. The van der Waals surface area contributed by atoms with Crippen LogP contribution >= 0.6 is 0 Å². The molecule has 0 bridgehead atoms. The molecular weight excluding hydrogens is 202 g/mol. The van der Waals surface area contributed by atoms with Crippen LogP contribution in [-0.2, 0) is 13.6 Å². The largest absolute Gasteiger partial charge is 0.345 e. The molecule has 0 aromatic carbocycles. The Kier molecular flexibility index (Phi) is 5.90. The molecule has 4 nitrogen and oxygen atoms in total. The van der Waals surface area contributed by atoms with Gasteiger partial charge in [0.25, 0.3) is 0 Å². The lowest BCUT2D eigenvalue weighted by molar-refractivity contribution is 0.510. The summed E-state index contributed by atoms with van der Waals surface area (Å²) in [6, 6.07) is 0. The lowest BCUT2D eigenvalue weighted by Crippen LogP contribution is -2.22. The van der Waals surface area contributed by atoms with Gasteiger partial charge < -0.3 is 0 Å². The van der Waals surface area contributed by atoms with E-state index < -0.39 is 0 Å². The molecule has 0 spiro atoms. The molecule has 1 rings (SSSR count). The van der Waals surface area contributed by atoms with Gasteiger partial charge in [0.05, 0.1) is 0 Å². The van der Waals surface area contributed by atoms with Crippen LogP contribution in [-0.4, -0.2) is 14.3 Å². The van der Waals surface area contributed by atoms with E-state index in [2.05, 4.69) is 12.0 Å². The smallest absolute Gasteiger partial charge is 0.285 e. The van der Waals surface area contributed by atoms with Crippen LogP contribution in [0.4, 0.5) is 0 Å². The topological polar surface area (TPSA) is 39.8 Å². The molecule has 0 atom stereocenters. The first-order valence-corrected chi connectivity index (χ1v) is 6.34. The second-order valence-electron chi connectivity index (χ2n) is 4.37. The Balaban J connectivity index is 2.07. The van der Waals surface area contributed by atoms with Crippen LogP contribution in [0.3, 0.4) is 0 Å². The van der Waals surface area contributed by atoms with E-state index in [1.807, 2.05) is 0 Å². The van der Waals surface area contributed by atoms with Gasteiger partial charge in [0.15, 0.2) is 0 Å². The maximum atomic E-state index is 11.4. The van der Waals surface area contributed by atoms with Gasteiger partial charge in [-0.1, -0.05) is 45.4 Å². The van der Waals surface area contributed by atoms with Crippen molar-refractivity contribution in [2.24, 2.45) is 7.05 Å². The Bertz CT molecular complexity index is 340. The van der Waals surface area contributed by atoms with E-state index in [0.29, 0.717) is 0 Å². The third-order valence-electron chi connectivity index (χ3n) is 2.86. The average Bonchev–Trinajstić information content (AvgIpc) is 2.59. The van der Waals surface area contributed by atoms with Crippen LogP contribution in [0.2, 0.25) is 0 Å². The molecule has 0 radical (unpaired) electrons. The molecule has 1 heterocycles. The number of nitrogens with zero attached hydrogens (tertiary/aromatic N) is 3. The summed E-state index contributed by atoms with van der Waals surface area (Å²) < 4.78 is 3.06. The van der Waals surface area contributed by atoms with Gasteiger partial charge >= 0.3 is 5.69 Å². The minimum Gasteiger partial charge on any atom is -0.285 e. The highest BCUT2D eigenvalue weighted by Gasteiger charge is 2.00. The lowest BCUT2D eigenvalue weighted by Gasteiger charge is -2.01. The van der Waals surface area contributed by atoms with Gasteiger partial charge in [0.2, 0.25) is 0 Å². The van der Waals surface area contributed by atoms with Crippen molar-refractivity contribution in [3.63, 3.8) is 0 Å². The minimum atomic E-state index is -0.00835. The van der Waals surface area contributed by atoms with Crippen LogP contribution in [0.25, 0.3) is 0 Å². The van der Waals surface area contributed by atoms with Crippen molar-refractivity contribution in [3.8, 4) is 0 Å². The van der Waals surface area contributed by atoms with E-state index in [1.54, 1.807) is 18.1 Å². The molecule has 0 saturated carbocycles. The fraction of sp³-hybridized carbons (Fsp3) is 0.833. The van der Waals surface area contributed by atoms with Crippen LogP contribution in [0.5, 0.6) is 0 Å². The minimum absolute atomic E-state index is 0.00835. The van der Waals surface area contributed by atoms with Crippen molar-refractivity contribution in [2.45, 2.75) is 58.4 Å². The Morgan fingerprint density at radius 3 is 2.31 bits per heavy atom. The summed E-state index contributed by atoms with van der Waals surface area (Å²) in [6.07, 6.45) is 10.4. The molecule has 0 amide bonds. The number of aromatic nitrogens is 3. The molecule has 0 aliphatic rings. The second kappa shape index (κ2) is 7.25. The molecule has 1 aromatic heterocycles. The fourth-order valence-electron chi connectivity index (χ4n) is 1.79.